The van der Waals surface area contributed by atoms with Crippen molar-refractivity contribution >= 4 is 64.4 Å². The molecule has 2 heterocycles. The Labute approximate surface area is 270 Å². The highest BCUT2D eigenvalue weighted by Crippen LogP contribution is 2.39. The van der Waals surface area contributed by atoms with Gasteiger partial charge in [0.15, 0.2) is 0 Å². The number of thiophene rings is 2. The van der Waals surface area contributed by atoms with Crippen molar-refractivity contribution in [3.8, 4) is 0 Å². The zero-order valence-corrected chi connectivity index (χ0v) is 27.8. The molecular weight excluding hydrogens is 569 g/mol. The van der Waals surface area contributed by atoms with Gasteiger partial charge in [-0.05, 0) is 119 Å². The van der Waals surface area contributed by atoms with Gasteiger partial charge >= 0.3 is 0 Å². The van der Waals surface area contributed by atoms with E-state index >= 15 is 0 Å². The summed E-state index contributed by atoms with van der Waals surface area (Å²) in [6, 6.07) is 37.7. The van der Waals surface area contributed by atoms with Crippen molar-refractivity contribution in [2.24, 2.45) is 0 Å². The summed E-state index contributed by atoms with van der Waals surface area (Å²) in [6.45, 7) is 4.53. The van der Waals surface area contributed by atoms with Crippen LogP contribution in [-0.2, 0) is 38.5 Å². The number of hydrogen-bond donors (Lipinski definition) is 0. The summed E-state index contributed by atoms with van der Waals surface area (Å²) in [5.74, 6) is 0. The van der Waals surface area contributed by atoms with Crippen molar-refractivity contribution in [1.29, 1.82) is 0 Å². The second-order valence-electron chi connectivity index (χ2n) is 12.5. The fourth-order valence-corrected chi connectivity index (χ4v) is 8.90. The van der Waals surface area contributed by atoms with E-state index in [1.807, 2.05) is 22.7 Å². The molecule has 0 saturated carbocycles. The summed E-state index contributed by atoms with van der Waals surface area (Å²) >= 11 is 3.98. The number of unbranched alkanes of at least 4 members (excludes halogenated alkanes) is 2. The number of hydrogen-bond acceptors (Lipinski definition) is 2. The molecule has 0 saturated heterocycles. The molecular formula is C42H42S2. The van der Waals surface area contributed by atoms with E-state index in [4.69, 9.17) is 0 Å². The predicted octanol–water partition coefficient (Wildman–Crippen LogP) is 12.7. The molecule has 7 aromatic rings. The second-order valence-corrected chi connectivity index (χ2v) is 14.8. The van der Waals surface area contributed by atoms with Crippen LogP contribution in [0.25, 0.3) is 41.7 Å². The van der Waals surface area contributed by atoms with Gasteiger partial charge in [0.2, 0.25) is 0 Å². The average Bonchev–Trinajstić information content (AvgIpc) is 3.69. The monoisotopic (exact) mass is 610 g/mol. The summed E-state index contributed by atoms with van der Waals surface area (Å²) in [5, 5.41) is 8.25. The summed E-state index contributed by atoms with van der Waals surface area (Å²) in [5.41, 5.74) is 5.82. The molecule has 0 aliphatic carbocycles. The van der Waals surface area contributed by atoms with Crippen molar-refractivity contribution in [1.82, 2.24) is 0 Å². The summed E-state index contributed by atoms with van der Waals surface area (Å²) in [6.07, 6.45) is 11.9. The highest BCUT2D eigenvalue weighted by Gasteiger charge is 2.11. The van der Waals surface area contributed by atoms with Crippen LogP contribution in [0.1, 0.15) is 71.5 Å². The van der Waals surface area contributed by atoms with E-state index in [1.54, 1.807) is 0 Å². The molecule has 0 fully saturated rings. The Morgan fingerprint density at radius 2 is 0.750 bits per heavy atom. The van der Waals surface area contributed by atoms with Gasteiger partial charge in [-0.1, -0.05) is 99.5 Å². The van der Waals surface area contributed by atoms with Gasteiger partial charge in [-0.15, -0.1) is 22.7 Å². The Bertz CT molecular complexity index is 1870. The number of benzene rings is 5. The largest absolute Gasteiger partial charge is 0.140 e. The van der Waals surface area contributed by atoms with Crippen LogP contribution in [0, 0.1) is 0 Å². The van der Waals surface area contributed by atoms with Crippen LogP contribution in [0.4, 0.5) is 0 Å². The first kappa shape index (κ1) is 29.3. The second kappa shape index (κ2) is 13.3. The number of aryl methyl sites for hydroxylation is 6. The summed E-state index contributed by atoms with van der Waals surface area (Å²) in [7, 11) is 0. The molecule has 2 aromatic heterocycles. The highest BCUT2D eigenvalue weighted by molar-refractivity contribution is 7.20. The van der Waals surface area contributed by atoms with Crippen LogP contribution in [0.15, 0.2) is 97.1 Å². The molecule has 222 valence electrons. The molecule has 0 spiro atoms. The minimum absolute atomic E-state index is 1.10. The van der Waals surface area contributed by atoms with Crippen LogP contribution in [-0.4, -0.2) is 0 Å². The Hall–Kier alpha value is -3.46. The van der Waals surface area contributed by atoms with Crippen LogP contribution in [0.2, 0.25) is 0 Å². The maximum atomic E-state index is 2.45. The average molecular weight is 611 g/mol. The quantitative estimate of drug-likeness (QED) is 0.121. The zero-order chi connectivity index (χ0) is 29.9. The lowest BCUT2D eigenvalue weighted by molar-refractivity contribution is 0.794. The van der Waals surface area contributed by atoms with Crippen molar-refractivity contribution in [2.45, 2.75) is 78.1 Å². The van der Waals surface area contributed by atoms with E-state index in [-0.39, 0.29) is 0 Å². The Morgan fingerprint density at radius 1 is 0.386 bits per heavy atom. The Balaban J connectivity index is 1.10. The maximum absolute atomic E-state index is 2.45. The van der Waals surface area contributed by atoms with Crippen LogP contribution >= 0.6 is 22.7 Å². The van der Waals surface area contributed by atoms with E-state index in [0.717, 1.165) is 25.7 Å². The molecule has 0 unspecified atom stereocenters. The standard InChI is InChI=1S/C42H42S2/c1-3-5-7-29-9-13-31(14-10-29)17-23-37-25-35-21-19-33-28-40-34(27-39(33)41(35)43-37)20-22-36-26-38(44-42(36)40)24-18-32-15-11-30(12-16-32)8-6-4-2/h9-16,19-22,25-28H,3-8,17-18,23-24H2,1-2H3. The maximum Gasteiger partial charge on any atom is 0.0424 e. The van der Waals surface area contributed by atoms with Crippen LogP contribution < -0.4 is 0 Å². The lowest BCUT2D eigenvalue weighted by Crippen LogP contribution is -1.90. The lowest BCUT2D eigenvalue weighted by Gasteiger charge is -2.05. The molecule has 5 aromatic carbocycles. The third kappa shape index (κ3) is 6.34. The van der Waals surface area contributed by atoms with Gasteiger partial charge in [-0.2, -0.15) is 0 Å². The highest BCUT2D eigenvalue weighted by atomic mass is 32.1. The van der Waals surface area contributed by atoms with E-state index in [9.17, 15) is 0 Å². The van der Waals surface area contributed by atoms with Gasteiger partial charge in [0.05, 0.1) is 0 Å². The van der Waals surface area contributed by atoms with Gasteiger partial charge in [0.1, 0.15) is 0 Å². The molecule has 0 aliphatic rings. The number of fused-ring (bicyclic) bond motifs is 6. The fourth-order valence-electron chi connectivity index (χ4n) is 6.54. The smallest absolute Gasteiger partial charge is 0.0424 e. The van der Waals surface area contributed by atoms with Crippen LogP contribution in [0.5, 0.6) is 0 Å². The summed E-state index contributed by atoms with van der Waals surface area (Å²) < 4.78 is 2.86. The molecule has 44 heavy (non-hydrogen) atoms. The molecule has 0 atom stereocenters. The first-order valence-corrected chi connectivity index (χ1v) is 18.3. The van der Waals surface area contributed by atoms with Gasteiger partial charge in [0, 0.05) is 29.9 Å². The first-order valence-electron chi connectivity index (χ1n) is 16.6. The van der Waals surface area contributed by atoms with Crippen molar-refractivity contribution in [3.63, 3.8) is 0 Å². The third-order valence-corrected chi connectivity index (χ3v) is 11.7. The summed E-state index contributed by atoms with van der Waals surface area (Å²) in [4.78, 5) is 2.97. The third-order valence-electron chi connectivity index (χ3n) is 9.22. The fraction of sp³-hybridized carbons (Fsp3) is 0.286. The topological polar surface area (TPSA) is 0 Å². The minimum atomic E-state index is 1.10. The Morgan fingerprint density at radius 3 is 1.14 bits per heavy atom. The zero-order valence-electron chi connectivity index (χ0n) is 26.1. The van der Waals surface area contributed by atoms with Crippen molar-refractivity contribution in [3.05, 3.63) is 129 Å². The molecule has 2 heteroatoms. The SMILES string of the molecule is CCCCc1ccc(CCc2cc3ccc4cc5c(ccc6cc(CCc7ccc(CCCC)cc7)sc65)cc4c3s2)cc1. The van der Waals surface area contributed by atoms with Crippen molar-refractivity contribution in [2.75, 3.05) is 0 Å². The van der Waals surface area contributed by atoms with Crippen molar-refractivity contribution < 1.29 is 0 Å². The molecule has 7 rings (SSSR count). The normalized spacial score (nSPS) is 11.9. The van der Waals surface area contributed by atoms with Gasteiger partial charge in [0.25, 0.3) is 0 Å². The molecule has 0 N–H and O–H groups in total. The predicted molar refractivity (Wildman–Crippen MR) is 197 cm³/mol. The van der Waals surface area contributed by atoms with Gasteiger partial charge in [-0.3, -0.25) is 0 Å². The molecule has 0 nitrogen and oxygen atoms in total. The molecule has 0 aliphatic heterocycles. The number of rotatable bonds is 12. The molecule has 0 bridgehead atoms. The Kier molecular flexibility index (Phi) is 8.82. The first-order chi connectivity index (χ1) is 21.7. The van der Waals surface area contributed by atoms with E-state index in [0.29, 0.717) is 0 Å². The van der Waals surface area contributed by atoms with E-state index < -0.39 is 0 Å². The van der Waals surface area contributed by atoms with E-state index in [1.165, 1.54) is 112 Å². The van der Waals surface area contributed by atoms with E-state index in [2.05, 4.69) is 111 Å². The molecule has 0 amide bonds. The molecule has 0 radical (unpaired) electrons. The minimum Gasteiger partial charge on any atom is -0.140 e. The lowest BCUT2D eigenvalue weighted by atomic mass is 10.0. The van der Waals surface area contributed by atoms with Gasteiger partial charge in [-0.25, -0.2) is 0 Å². The van der Waals surface area contributed by atoms with Crippen LogP contribution in [0.3, 0.4) is 0 Å². The van der Waals surface area contributed by atoms with Gasteiger partial charge < -0.3 is 0 Å².